The number of rotatable bonds is 3. The van der Waals surface area contributed by atoms with Crippen LogP contribution in [0.25, 0.3) is 0 Å². The van der Waals surface area contributed by atoms with E-state index in [1.54, 1.807) is 0 Å². The van der Waals surface area contributed by atoms with Crippen molar-refractivity contribution in [2.45, 2.75) is 44.9 Å². The molecule has 2 saturated heterocycles. The van der Waals surface area contributed by atoms with Crippen LogP contribution in [0.4, 0.5) is 10.5 Å². The zero-order valence-electron chi connectivity index (χ0n) is 14.1. The van der Waals surface area contributed by atoms with Gasteiger partial charge in [0.2, 0.25) is 0 Å². The number of hydrogen-bond donors (Lipinski definition) is 1. The fourth-order valence-corrected chi connectivity index (χ4v) is 3.74. The summed E-state index contributed by atoms with van der Waals surface area (Å²) >= 11 is 0. The van der Waals surface area contributed by atoms with Gasteiger partial charge in [0.15, 0.2) is 0 Å². The second-order valence-electron chi connectivity index (χ2n) is 6.76. The largest absolute Gasteiger partial charge is 0.373 e. The monoisotopic (exact) mass is 317 g/mol. The van der Waals surface area contributed by atoms with Gasteiger partial charge in [-0.2, -0.15) is 0 Å². The van der Waals surface area contributed by atoms with Gasteiger partial charge in [-0.05, 0) is 38.8 Å². The lowest BCUT2D eigenvalue weighted by molar-refractivity contribution is -0.0712. The molecule has 0 aliphatic carbocycles. The fraction of sp³-hybridized carbons (Fsp3) is 0.611. The molecule has 2 aliphatic heterocycles. The maximum atomic E-state index is 12.6. The van der Waals surface area contributed by atoms with Gasteiger partial charge in [-0.15, -0.1) is 0 Å². The minimum Gasteiger partial charge on any atom is -0.373 e. The molecule has 2 heterocycles. The van der Waals surface area contributed by atoms with Crippen LogP contribution in [0, 0.1) is 0 Å². The van der Waals surface area contributed by atoms with E-state index in [9.17, 15) is 4.79 Å². The zero-order valence-corrected chi connectivity index (χ0v) is 14.1. The second-order valence-corrected chi connectivity index (χ2v) is 6.76. The van der Waals surface area contributed by atoms with Crippen molar-refractivity contribution >= 4 is 11.7 Å². The van der Waals surface area contributed by atoms with Gasteiger partial charge in [0.1, 0.15) is 0 Å². The van der Waals surface area contributed by atoms with Crippen LogP contribution in [-0.2, 0) is 4.74 Å². The Morgan fingerprint density at radius 1 is 1.22 bits per heavy atom. The highest BCUT2D eigenvalue weighted by atomic mass is 16.5. The Morgan fingerprint density at radius 3 is 2.61 bits per heavy atom. The highest BCUT2D eigenvalue weighted by molar-refractivity contribution is 5.89. The average molecular weight is 317 g/mol. The third-order valence-electron chi connectivity index (χ3n) is 4.63. The third kappa shape index (κ3) is 4.24. The average Bonchev–Trinajstić information content (AvgIpc) is 2.95. The number of anilines is 1. The van der Waals surface area contributed by atoms with Gasteiger partial charge < -0.3 is 15.0 Å². The standard InChI is InChI=1S/C18H27N3O2/c1-14-11-20(12-15(2)23-14)13-17-9-6-10-21(17)18(22)19-16-7-4-3-5-8-16/h3-5,7-8,14-15,17H,6,9-13H2,1-2H3,(H,19,22)/t14-,15-,17-/m1/s1. The summed E-state index contributed by atoms with van der Waals surface area (Å²) in [5.41, 5.74) is 0.858. The fourth-order valence-electron chi connectivity index (χ4n) is 3.74. The van der Waals surface area contributed by atoms with Crippen molar-refractivity contribution in [3.8, 4) is 0 Å². The Bertz CT molecular complexity index is 512. The first kappa shape index (κ1) is 16.3. The lowest BCUT2D eigenvalue weighted by atomic mass is 10.1. The van der Waals surface area contributed by atoms with Gasteiger partial charge in [-0.25, -0.2) is 4.79 Å². The summed E-state index contributed by atoms with van der Waals surface area (Å²) in [5.74, 6) is 0. The maximum Gasteiger partial charge on any atom is 0.322 e. The molecule has 0 bridgehead atoms. The van der Waals surface area contributed by atoms with Gasteiger partial charge in [-0.1, -0.05) is 18.2 Å². The van der Waals surface area contributed by atoms with E-state index in [2.05, 4.69) is 24.1 Å². The van der Waals surface area contributed by atoms with E-state index in [-0.39, 0.29) is 18.2 Å². The number of urea groups is 1. The number of likely N-dealkylation sites (tertiary alicyclic amines) is 1. The molecule has 3 atom stereocenters. The minimum absolute atomic E-state index is 0.0213. The summed E-state index contributed by atoms with van der Waals surface area (Å²) in [7, 11) is 0. The SMILES string of the molecule is C[C@@H]1CN(C[C@H]2CCCN2C(=O)Nc2ccccc2)C[C@@H](C)O1. The van der Waals surface area contributed by atoms with Crippen molar-refractivity contribution in [1.29, 1.82) is 0 Å². The van der Waals surface area contributed by atoms with Crippen LogP contribution >= 0.6 is 0 Å². The number of morpholine rings is 1. The van der Waals surface area contributed by atoms with E-state index < -0.39 is 0 Å². The van der Waals surface area contributed by atoms with Crippen molar-refractivity contribution in [2.75, 3.05) is 31.5 Å². The summed E-state index contributed by atoms with van der Waals surface area (Å²) < 4.78 is 5.80. The molecular formula is C18H27N3O2. The summed E-state index contributed by atoms with van der Waals surface area (Å²) in [4.78, 5) is 17.0. The number of para-hydroxylation sites is 1. The molecule has 0 aromatic heterocycles. The number of carbonyl (C=O) groups excluding carboxylic acids is 1. The Hall–Kier alpha value is -1.59. The highest BCUT2D eigenvalue weighted by Crippen LogP contribution is 2.21. The number of hydrogen-bond acceptors (Lipinski definition) is 3. The van der Waals surface area contributed by atoms with E-state index in [0.29, 0.717) is 6.04 Å². The minimum atomic E-state index is 0.0213. The highest BCUT2D eigenvalue weighted by Gasteiger charge is 2.32. The van der Waals surface area contributed by atoms with Crippen LogP contribution in [0.1, 0.15) is 26.7 Å². The first-order valence-corrected chi connectivity index (χ1v) is 8.62. The van der Waals surface area contributed by atoms with Crippen LogP contribution in [0.15, 0.2) is 30.3 Å². The van der Waals surface area contributed by atoms with E-state index >= 15 is 0 Å². The molecule has 1 aromatic carbocycles. The molecule has 0 spiro atoms. The van der Waals surface area contributed by atoms with Crippen molar-refractivity contribution in [1.82, 2.24) is 9.80 Å². The topological polar surface area (TPSA) is 44.8 Å². The van der Waals surface area contributed by atoms with Crippen LogP contribution in [0.5, 0.6) is 0 Å². The first-order valence-electron chi connectivity index (χ1n) is 8.62. The van der Waals surface area contributed by atoms with Crippen LogP contribution in [0.3, 0.4) is 0 Å². The van der Waals surface area contributed by atoms with Crippen LogP contribution in [-0.4, -0.2) is 60.3 Å². The number of nitrogens with one attached hydrogen (secondary N) is 1. The van der Waals surface area contributed by atoms with Crippen LogP contribution in [0.2, 0.25) is 0 Å². The van der Waals surface area contributed by atoms with Crippen molar-refractivity contribution in [3.05, 3.63) is 30.3 Å². The molecule has 2 aliphatic rings. The molecule has 0 unspecified atom stereocenters. The summed E-state index contributed by atoms with van der Waals surface area (Å²) in [6.45, 7) is 7.94. The molecule has 1 N–H and O–H groups in total. The molecule has 3 rings (SSSR count). The molecule has 5 heteroatoms. The van der Waals surface area contributed by atoms with E-state index in [1.165, 1.54) is 0 Å². The van der Waals surface area contributed by atoms with Gasteiger partial charge in [0, 0.05) is 37.9 Å². The predicted octanol–water partition coefficient (Wildman–Crippen LogP) is 2.79. The van der Waals surface area contributed by atoms with Crippen molar-refractivity contribution in [2.24, 2.45) is 0 Å². The van der Waals surface area contributed by atoms with E-state index in [0.717, 1.165) is 44.7 Å². The van der Waals surface area contributed by atoms with Crippen LogP contribution < -0.4 is 5.32 Å². The Labute approximate surface area is 138 Å². The smallest absolute Gasteiger partial charge is 0.322 e. The number of nitrogens with zero attached hydrogens (tertiary/aromatic N) is 2. The first-order chi connectivity index (χ1) is 11.1. The summed E-state index contributed by atoms with van der Waals surface area (Å²) in [6.07, 6.45) is 2.71. The summed E-state index contributed by atoms with van der Waals surface area (Å²) in [5, 5.41) is 3.01. The van der Waals surface area contributed by atoms with Gasteiger partial charge in [-0.3, -0.25) is 4.90 Å². The quantitative estimate of drug-likeness (QED) is 0.932. The number of carbonyl (C=O) groups is 1. The Kier molecular flexibility index (Phi) is 5.18. The maximum absolute atomic E-state index is 12.6. The number of ether oxygens (including phenoxy) is 1. The van der Waals surface area contributed by atoms with E-state index in [1.807, 2.05) is 35.2 Å². The van der Waals surface area contributed by atoms with Crippen molar-refractivity contribution in [3.63, 3.8) is 0 Å². The molecular weight excluding hydrogens is 290 g/mol. The molecule has 126 valence electrons. The molecule has 1 aromatic rings. The lowest BCUT2D eigenvalue weighted by Crippen LogP contribution is -2.51. The molecule has 0 saturated carbocycles. The Balaban J connectivity index is 1.58. The number of amides is 2. The summed E-state index contributed by atoms with van der Waals surface area (Å²) in [6, 6.07) is 10.0. The number of benzene rings is 1. The van der Waals surface area contributed by atoms with Gasteiger partial charge in [0.25, 0.3) is 0 Å². The van der Waals surface area contributed by atoms with Crippen molar-refractivity contribution < 1.29 is 9.53 Å². The van der Waals surface area contributed by atoms with E-state index in [4.69, 9.17) is 4.74 Å². The lowest BCUT2D eigenvalue weighted by Gasteiger charge is -2.38. The molecule has 23 heavy (non-hydrogen) atoms. The normalized spacial score (nSPS) is 28.8. The molecule has 0 radical (unpaired) electrons. The Morgan fingerprint density at radius 2 is 1.91 bits per heavy atom. The zero-order chi connectivity index (χ0) is 16.2. The molecule has 5 nitrogen and oxygen atoms in total. The van der Waals surface area contributed by atoms with Gasteiger partial charge >= 0.3 is 6.03 Å². The third-order valence-corrected chi connectivity index (χ3v) is 4.63. The second kappa shape index (κ2) is 7.32. The predicted molar refractivity (Wildman–Crippen MR) is 91.6 cm³/mol. The molecule has 2 amide bonds. The molecule has 2 fully saturated rings. The van der Waals surface area contributed by atoms with Gasteiger partial charge in [0.05, 0.1) is 12.2 Å².